The van der Waals surface area contributed by atoms with E-state index in [0.29, 0.717) is 44.1 Å². The largest absolute Gasteiger partial charge is 0.494 e. The van der Waals surface area contributed by atoms with Gasteiger partial charge in [0.15, 0.2) is 0 Å². The molecule has 1 heterocycles. The maximum atomic E-state index is 13.1. The molecule has 1 saturated heterocycles. The maximum Gasteiger partial charge on any atom is 0.390 e. The highest BCUT2D eigenvalue weighted by molar-refractivity contribution is 9.10. The zero-order valence-corrected chi connectivity index (χ0v) is 15.2. The smallest absolute Gasteiger partial charge is 0.390 e. The summed E-state index contributed by atoms with van der Waals surface area (Å²) in [6.07, 6.45) is -5.09. The molecule has 0 bridgehead atoms. The van der Waals surface area contributed by atoms with Crippen molar-refractivity contribution < 1.29 is 17.9 Å². The summed E-state index contributed by atoms with van der Waals surface area (Å²) < 4.78 is 45.5. The van der Waals surface area contributed by atoms with Crippen molar-refractivity contribution >= 4 is 28.3 Å². The molecule has 0 unspecified atom stereocenters. The van der Waals surface area contributed by atoms with Crippen LogP contribution in [0, 0.1) is 0 Å². The zero-order chi connectivity index (χ0) is 16.2. The lowest BCUT2D eigenvalue weighted by Gasteiger charge is -2.36. The van der Waals surface area contributed by atoms with Crippen LogP contribution in [-0.2, 0) is 0 Å². The Hall–Kier alpha value is -0.500. The van der Waals surface area contributed by atoms with Gasteiger partial charge in [-0.05, 0) is 25.1 Å². The Morgan fingerprint density at radius 1 is 1.30 bits per heavy atom. The van der Waals surface area contributed by atoms with E-state index in [1.165, 1.54) is 0 Å². The van der Waals surface area contributed by atoms with E-state index in [2.05, 4.69) is 21.2 Å². The minimum absolute atomic E-state index is 0. The van der Waals surface area contributed by atoms with E-state index in [1.807, 2.05) is 11.8 Å². The predicted octanol–water partition coefficient (Wildman–Crippen LogP) is 4.17. The third kappa shape index (κ3) is 6.14. The number of nitrogens with zero attached hydrogens (tertiary/aromatic N) is 1. The molecule has 1 aromatic rings. The van der Waals surface area contributed by atoms with E-state index in [4.69, 9.17) is 4.74 Å². The minimum Gasteiger partial charge on any atom is -0.494 e. The van der Waals surface area contributed by atoms with E-state index in [0.717, 1.165) is 4.47 Å². The number of alkyl halides is 3. The molecule has 3 nitrogen and oxygen atoms in total. The molecule has 132 valence electrons. The van der Waals surface area contributed by atoms with Gasteiger partial charge < -0.3 is 10.1 Å². The van der Waals surface area contributed by atoms with Gasteiger partial charge in [0.05, 0.1) is 13.0 Å². The third-order valence-electron chi connectivity index (χ3n) is 3.65. The van der Waals surface area contributed by atoms with Crippen LogP contribution >= 0.6 is 28.3 Å². The average Bonchev–Trinajstić information content (AvgIpc) is 2.47. The third-order valence-corrected chi connectivity index (χ3v) is 4.14. The van der Waals surface area contributed by atoms with Crippen molar-refractivity contribution in [1.29, 1.82) is 0 Å². The van der Waals surface area contributed by atoms with Crippen LogP contribution in [0.25, 0.3) is 0 Å². The summed E-state index contributed by atoms with van der Waals surface area (Å²) in [6.45, 7) is 4.85. The van der Waals surface area contributed by atoms with Crippen LogP contribution < -0.4 is 10.1 Å². The van der Waals surface area contributed by atoms with Crippen molar-refractivity contribution in [3.63, 3.8) is 0 Å². The molecule has 0 saturated carbocycles. The summed E-state index contributed by atoms with van der Waals surface area (Å²) in [6, 6.07) is 4.54. The predicted molar refractivity (Wildman–Crippen MR) is 90.4 cm³/mol. The fourth-order valence-corrected chi connectivity index (χ4v) is 3.09. The molecule has 8 heteroatoms. The molecule has 2 rings (SSSR count). The molecule has 1 fully saturated rings. The van der Waals surface area contributed by atoms with Gasteiger partial charge >= 0.3 is 6.18 Å². The number of hydrogen-bond acceptors (Lipinski definition) is 3. The van der Waals surface area contributed by atoms with Crippen LogP contribution in [-0.4, -0.2) is 43.9 Å². The first-order chi connectivity index (χ1) is 10.4. The van der Waals surface area contributed by atoms with Crippen LogP contribution in [0.1, 0.15) is 24.9 Å². The van der Waals surface area contributed by atoms with Crippen molar-refractivity contribution in [2.24, 2.45) is 0 Å². The number of nitrogens with one attached hydrogen (secondary N) is 1. The molecule has 0 spiro atoms. The molecule has 0 aromatic heterocycles. The molecule has 1 aromatic carbocycles. The summed E-state index contributed by atoms with van der Waals surface area (Å²) in [7, 11) is 0. The lowest BCUT2D eigenvalue weighted by atomic mass is 9.99. The monoisotopic (exact) mass is 416 g/mol. The minimum atomic E-state index is -4.22. The fraction of sp³-hybridized carbons (Fsp3) is 0.600. The number of ether oxygens (including phenoxy) is 1. The Kier molecular flexibility index (Phi) is 8.13. The Balaban J connectivity index is 0.00000264. The summed E-state index contributed by atoms with van der Waals surface area (Å²) >= 11 is 3.35. The summed E-state index contributed by atoms with van der Waals surface area (Å²) in [4.78, 5) is 1.88. The highest BCUT2D eigenvalue weighted by Crippen LogP contribution is 2.39. The van der Waals surface area contributed by atoms with Crippen molar-refractivity contribution in [3.8, 4) is 5.75 Å². The standard InChI is InChI=1S/C15H20BrF3N2O.ClH/c1-2-22-14-4-3-11(16)9-12(14)13(10-15(17,18)19)21-7-5-20-6-8-21;/h3-4,9,13,20H,2,5-8,10H2,1H3;1H/t13-;/m1./s1. The number of rotatable bonds is 5. The molecule has 1 aliphatic heterocycles. The number of piperazine rings is 1. The molecule has 0 radical (unpaired) electrons. The quantitative estimate of drug-likeness (QED) is 0.778. The molecular formula is C15H21BrClF3N2O. The topological polar surface area (TPSA) is 24.5 Å². The van der Waals surface area contributed by atoms with Crippen molar-refractivity contribution in [2.75, 3.05) is 32.8 Å². The first kappa shape index (κ1) is 20.5. The summed E-state index contributed by atoms with van der Waals surface area (Å²) in [5.74, 6) is 0.526. The van der Waals surface area contributed by atoms with Crippen LogP contribution in [0.3, 0.4) is 0 Å². The lowest BCUT2D eigenvalue weighted by Crippen LogP contribution is -2.46. The number of benzene rings is 1. The van der Waals surface area contributed by atoms with Gasteiger partial charge in [-0.2, -0.15) is 13.2 Å². The average molecular weight is 418 g/mol. The van der Waals surface area contributed by atoms with Crippen LogP contribution in [0.2, 0.25) is 0 Å². The zero-order valence-electron chi connectivity index (χ0n) is 12.8. The van der Waals surface area contributed by atoms with E-state index in [-0.39, 0.29) is 12.4 Å². The first-order valence-electron chi connectivity index (χ1n) is 7.34. The highest BCUT2D eigenvalue weighted by atomic mass is 79.9. The number of hydrogen-bond donors (Lipinski definition) is 1. The van der Waals surface area contributed by atoms with Gasteiger partial charge in [-0.3, -0.25) is 4.90 Å². The van der Waals surface area contributed by atoms with Crippen LogP contribution in [0.15, 0.2) is 22.7 Å². The summed E-state index contributed by atoms with van der Waals surface area (Å²) in [5.41, 5.74) is 0.593. The Morgan fingerprint density at radius 2 is 1.96 bits per heavy atom. The Bertz CT molecular complexity index is 496. The Morgan fingerprint density at radius 3 is 2.52 bits per heavy atom. The van der Waals surface area contributed by atoms with Gasteiger partial charge in [0.1, 0.15) is 5.75 Å². The second-order valence-electron chi connectivity index (χ2n) is 5.24. The van der Waals surface area contributed by atoms with E-state index >= 15 is 0 Å². The van der Waals surface area contributed by atoms with Gasteiger partial charge in [0.2, 0.25) is 0 Å². The Labute approximate surface area is 149 Å². The highest BCUT2D eigenvalue weighted by Gasteiger charge is 2.37. The second kappa shape index (κ2) is 9.11. The van der Waals surface area contributed by atoms with E-state index in [1.54, 1.807) is 18.2 Å². The van der Waals surface area contributed by atoms with E-state index < -0.39 is 18.6 Å². The van der Waals surface area contributed by atoms with Crippen molar-refractivity contribution in [2.45, 2.75) is 25.6 Å². The molecule has 23 heavy (non-hydrogen) atoms. The van der Waals surface area contributed by atoms with Gasteiger partial charge in [-0.15, -0.1) is 12.4 Å². The van der Waals surface area contributed by atoms with Crippen molar-refractivity contribution in [3.05, 3.63) is 28.2 Å². The van der Waals surface area contributed by atoms with Crippen LogP contribution in [0.5, 0.6) is 5.75 Å². The van der Waals surface area contributed by atoms with Crippen molar-refractivity contribution in [1.82, 2.24) is 10.2 Å². The fourth-order valence-electron chi connectivity index (χ4n) is 2.72. The second-order valence-corrected chi connectivity index (χ2v) is 6.15. The normalized spacial score (nSPS) is 17.4. The molecule has 0 amide bonds. The number of halogens is 5. The summed E-state index contributed by atoms with van der Waals surface area (Å²) in [5, 5.41) is 3.17. The maximum absolute atomic E-state index is 13.1. The van der Waals surface area contributed by atoms with Crippen LogP contribution in [0.4, 0.5) is 13.2 Å². The van der Waals surface area contributed by atoms with Gasteiger partial charge in [0, 0.05) is 42.3 Å². The molecule has 1 N–H and O–H groups in total. The molecule has 1 aliphatic rings. The van der Waals surface area contributed by atoms with Gasteiger partial charge in [-0.1, -0.05) is 15.9 Å². The SMILES string of the molecule is CCOc1ccc(Br)cc1[C@@H](CC(F)(F)F)N1CCNCC1.Cl. The van der Waals surface area contributed by atoms with E-state index in [9.17, 15) is 13.2 Å². The van der Waals surface area contributed by atoms with Gasteiger partial charge in [-0.25, -0.2) is 0 Å². The lowest BCUT2D eigenvalue weighted by molar-refractivity contribution is -0.148. The molecule has 1 atom stereocenters. The van der Waals surface area contributed by atoms with Gasteiger partial charge in [0.25, 0.3) is 0 Å². The molecular weight excluding hydrogens is 397 g/mol. The first-order valence-corrected chi connectivity index (χ1v) is 8.14. The molecule has 0 aliphatic carbocycles.